The predicted molar refractivity (Wildman–Crippen MR) is 45.7 cm³/mol. The van der Waals surface area contributed by atoms with Crippen LogP contribution < -0.4 is 5.32 Å². The predicted octanol–water partition coefficient (Wildman–Crippen LogP) is 0.570. The molecule has 1 aromatic rings. The van der Waals surface area contributed by atoms with Gasteiger partial charge in [0.15, 0.2) is 0 Å². The maximum Gasteiger partial charge on any atom is 0.0970 e. The lowest BCUT2D eigenvalue weighted by Gasteiger charge is -2.06. The Hall–Kier alpha value is -0.930. The monoisotopic (exact) mass is 164 g/mol. The molecule has 12 heavy (non-hydrogen) atoms. The molecule has 2 heterocycles. The van der Waals surface area contributed by atoms with Gasteiger partial charge < -0.3 is 4.74 Å². The number of rotatable bonds is 2. The molecule has 3 heteroatoms. The zero-order valence-electron chi connectivity index (χ0n) is 6.86. The second kappa shape index (κ2) is 3.65. The maximum absolute atomic E-state index is 5.41. The van der Waals surface area contributed by atoms with Crippen LogP contribution in [0.15, 0.2) is 24.4 Å². The van der Waals surface area contributed by atoms with E-state index in [9.17, 15) is 0 Å². The van der Waals surface area contributed by atoms with Crippen LogP contribution in [0.25, 0.3) is 0 Å². The molecule has 0 bridgehead atoms. The third-order valence-corrected chi connectivity index (χ3v) is 1.96. The van der Waals surface area contributed by atoms with Gasteiger partial charge in [-0.05, 0) is 12.1 Å². The molecule has 1 N–H and O–H groups in total. The molecule has 64 valence electrons. The normalized spacial score (nSPS) is 22.8. The molecule has 1 aromatic heterocycles. The van der Waals surface area contributed by atoms with Gasteiger partial charge in [-0.2, -0.15) is 0 Å². The number of hydrogen-bond acceptors (Lipinski definition) is 3. The van der Waals surface area contributed by atoms with Gasteiger partial charge in [0, 0.05) is 24.9 Å². The van der Waals surface area contributed by atoms with Crippen LogP contribution in [0, 0.1) is 0 Å². The first-order valence-corrected chi connectivity index (χ1v) is 4.17. The fourth-order valence-corrected chi connectivity index (χ4v) is 1.34. The summed E-state index contributed by atoms with van der Waals surface area (Å²) in [5, 5.41) is 3.14. The molecule has 0 saturated carbocycles. The second-order valence-corrected chi connectivity index (χ2v) is 2.91. The van der Waals surface area contributed by atoms with Crippen molar-refractivity contribution in [1.29, 1.82) is 0 Å². The molecule has 0 aromatic carbocycles. The van der Waals surface area contributed by atoms with Gasteiger partial charge in [-0.1, -0.05) is 6.07 Å². The molecule has 1 saturated heterocycles. The minimum Gasteiger partial charge on any atom is -0.361 e. The summed E-state index contributed by atoms with van der Waals surface area (Å²) in [6.45, 7) is 1.62. The van der Waals surface area contributed by atoms with Crippen LogP contribution in [0.4, 0.5) is 0 Å². The van der Waals surface area contributed by atoms with Crippen molar-refractivity contribution >= 4 is 0 Å². The van der Waals surface area contributed by atoms with E-state index in [1.807, 2.05) is 24.4 Å². The van der Waals surface area contributed by atoms with Gasteiger partial charge in [-0.3, -0.25) is 10.3 Å². The molecule has 0 radical (unpaired) electrons. The van der Waals surface area contributed by atoms with Gasteiger partial charge in [-0.15, -0.1) is 0 Å². The van der Waals surface area contributed by atoms with Gasteiger partial charge >= 0.3 is 0 Å². The molecular formula is C9H12N2O. The van der Waals surface area contributed by atoms with E-state index >= 15 is 0 Å². The number of ether oxygens (including phenoxy) is 1. The highest BCUT2D eigenvalue weighted by molar-refractivity contribution is 5.05. The molecule has 3 nitrogen and oxygen atoms in total. The highest BCUT2D eigenvalue weighted by atomic mass is 16.5. The lowest BCUT2D eigenvalue weighted by molar-refractivity contribution is 0.113. The molecule has 1 aliphatic rings. The van der Waals surface area contributed by atoms with Crippen molar-refractivity contribution in [3.63, 3.8) is 0 Å². The van der Waals surface area contributed by atoms with Crippen molar-refractivity contribution in [2.75, 3.05) is 13.3 Å². The van der Waals surface area contributed by atoms with Gasteiger partial charge in [0.25, 0.3) is 0 Å². The van der Waals surface area contributed by atoms with E-state index in [0.717, 1.165) is 18.7 Å². The summed E-state index contributed by atoms with van der Waals surface area (Å²) < 4.78 is 5.41. The number of nitrogens with one attached hydrogen (secondary N) is 1. The highest BCUT2D eigenvalue weighted by Crippen LogP contribution is 2.04. The summed E-state index contributed by atoms with van der Waals surface area (Å²) in [5.41, 5.74) is 1.10. The standard InChI is InChI=1S/C9H12N2O/c1-2-4-11-8(3-1)5-9-6-10-7-12-9/h1-4,9-10H,5-7H2. The first-order chi connectivity index (χ1) is 5.95. The van der Waals surface area contributed by atoms with Crippen LogP contribution in [-0.4, -0.2) is 24.4 Å². The smallest absolute Gasteiger partial charge is 0.0970 e. The Morgan fingerprint density at radius 1 is 1.58 bits per heavy atom. The first kappa shape index (κ1) is 7.71. The summed E-state index contributed by atoms with van der Waals surface area (Å²) in [4.78, 5) is 4.23. The van der Waals surface area contributed by atoms with Crippen molar-refractivity contribution in [2.24, 2.45) is 0 Å². The van der Waals surface area contributed by atoms with E-state index in [1.165, 1.54) is 0 Å². The van der Waals surface area contributed by atoms with Gasteiger partial charge in [0.05, 0.1) is 12.8 Å². The lowest BCUT2D eigenvalue weighted by atomic mass is 10.2. The first-order valence-electron chi connectivity index (χ1n) is 4.17. The number of aromatic nitrogens is 1. The Morgan fingerprint density at radius 2 is 2.58 bits per heavy atom. The maximum atomic E-state index is 5.41. The number of pyridine rings is 1. The van der Waals surface area contributed by atoms with E-state index in [-0.39, 0.29) is 0 Å². The minimum absolute atomic E-state index is 0.305. The molecule has 1 unspecified atom stereocenters. The van der Waals surface area contributed by atoms with Crippen LogP contribution in [-0.2, 0) is 11.2 Å². The largest absolute Gasteiger partial charge is 0.361 e. The second-order valence-electron chi connectivity index (χ2n) is 2.91. The average molecular weight is 164 g/mol. The number of hydrogen-bond donors (Lipinski definition) is 1. The summed E-state index contributed by atoms with van der Waals surface area (Å²) in [5.74, 6) is 0. The quantitative estimate of drug-likeness (QED) is 0.694. The van der Waals surface area contributed by atoms with Crippen molar-refractivity contribution in [1.82, 2.24) is 10.3 Å². The fourth-order valence-electron chi connectivity index (χ4n) is 1.34. The Morgan fingerprint density at radius 3 is 3.25 bits per heavy atom. The lowest BCUT2D eigenvalue weighted by Crippen LogP contribution is -2.16. The van der Waals surface area contributed by atoms with Crippen molar-refractivity contribution in [3.05, 3.63) is 30.1 Å². The number of nitrogens with zero attached hydrogens (tertiary/aromatic N) is 1. The van der Waals surface area contributed by atoms with E-state index in [4.69, 9.17) is 4.74 Å². The molecule has 1 fully saturated rings. The summed E-state index contributed by atoms with van der Waals surface area (Å²) in [7, 11) is 0. The molecule has 0 aliphatic carbocycles. The van der Waals surface area contributed by atoms with E-state index in [2.05, 4.69) is 10.3 Å². The average Bonchev–Trinajstić information content (AvgIpc) is 2.59. The van der Waals surface area contributed by atoms with Crippen molar-refractivity contribution < 1.29 is 4.74 Å². The van der Waals surface area contributed by atoms with Crippen LogP contribution in [0.2, 0.25) is 0 Å². The minimum atomic E-state index is 0.305. The van der Waals surface area contributed by atoms with Crippen LogP contribution in [0.1, 0.15) is 5.69 Å². The third kappa shape index (κ3) is 1.81. The van der Waals surface area contributed by atoms with Crippen LogP contribution in [0.5, 0.6) is 0 Å². The molecule has 0 spiro atoms. The van der Waals surface area contributed by atoms with Crippen LogP contribution in [0.3, 0.4) is 0 Å². The molecule has 1 aliphatic heterocycles. The molecule has 1 atom stereocenters. The fraction of sp³-hybridized carbons (Fsp3) is 0.444. The van der Waals surface area contributed by atoms with Gasteiger partial charge in [-0.25, -0.2) is 0 Å². The van der Waals surface area contributed by atoms with Gasteiger partial charge in [0.2, 0.25) is 0 Å². The van der Waals surface area contributed by atoms with Crippen LogP contribution >= 0.6 is 0 Å². The molecule has 0 amide bonds. The van der Waals surface area contributed by atoms with Crippen molar-refractivity contribution in [2.45, 2.75) is 12.5 Å². The van der Waals surface area contributed by atoms with E-state index in [1.54, 1.807) is 0 Å². The zero-order valence-corrected chi connectivity index (χ0v) is 6.86. The molecule has 2 rings (SSSR count). The van der Waals surface area contributed by atoms with E-state index < -0.39 is 0 Å². The van der Waals surface area contributed by atoms with Crippen molar-refractivity contribution in [3.8, 4) is 0 Å². The third-order valence-electron chi connectivity index (χ3n) is 1.96. The molecular weight excluding hydrogens is 152 g/mol. The Bertz CT molecular complexity index is 232. The Balaban J connectivity index is 1.94. The summed E-state index contributed by atoms with van der Waals surface area (Å²) in [6.07, 6.45) is 3.03. The Kier molecular flexibility index (Phi) is 2.34. The SMILES string of the molecule is c1ccc(CC2CNCO2)nc1. The summed E-state index contributed by atoms with van der Waals surface area (Å²) in [6, 6.07) is 5.96. The Labute approximate surface area is 71.8 Å². The summed E-state index contributed by atoms with van der Waals surface area (Å²) >= 11 is 0. The topological polar surface area (TPSA) is 34.1 Å². The van der Waals surface area contributed by atoms with Gasteiger partial charge in [0.1, 0.15) is 0 Å². The zero-order chi connectivity index (χ0) is 8.23. The van der Waals surface area contributed by atoms with E-state index in [0.29, 0.717) is 12.8 Å². The highest BCUT2D eigenvalue weighted by Gasteiger charge is 2.15.